The highest BCUT2D eigenvalue weighted by molar-refractivity contribution is 9.10. The van der Waals surface area contributed by atoms with E-state index >= 15 is 0 Å². The lowest BCUT2D eigenvalue weighted by molar-refractivity contribution is -0.137. The van der Waals surface area contributed by atoms with Crippen LogP contribution in [0.25, 0.3) is 10.9 Å². The maximum absolute atomic E-state index is 10.6. The van der Waals surface area contributed by atoms with Crippen LogP contribution in [0, 0.1) is 0 Å². The molecule has 0 fully saturated rings. The maximum Gasteiger partial charge on any atom is 0.303 e. The Morgan fingerprint density at radius 3 is 3.05 bits per heavy atom. The van der Waals surface area contributed by atoms with Gasteiger partial charge in [-0.3, -0.25) is 4.79 Å². The van der Waals surface area contributed by atoms with Crippen molar-refractivity contribution in [2.75, 3.05) is 0 Å². The van der Waals surface area contributed by atoms with Gasteiger partial charge in [-0.25, -0.2) is 0 Å². The quantitative estimate of drug-likeness (QED) is 0.931. The number of carboxylic acid groups (broad SMARTS) is 1. The second-order valence-electron chi connectivity index (χ2n) is 5.17. The normalized spacial score (nSPS) is 13.9. The Balaban J connectivity index is 1.95. The molecule has 0 aliphatic carbocycles. The highest BCUT2D eigenvalue weighted by atomic mass is 79.9. The maximum atomic E-state index is 10.6. The molecule has 1 aromatic carbocycles. The molecular formula is C15H16BrNO2. The van der Waals surface area contributed by atoms with E-state index < -0.39 is 5.97 Å². The average Bonchev–Trinajstić information content (AvgIpc) is 2.68. The van der Waals surface area contributed by atoms with Crippen LogP contribution < -0.4 is 0 Å². The third-order valence-corrected chi connectivity index (χ3v) is 4.40. The Bertz CT molecular complexity index is 645. The van der Waals surface area contributed by atoms with Gasteiger partial charge in [-0.05, 0) is 58.8 Å². The summed E-state index contributed by atoms with van der Waals surface area (Å²) in [5.74, 6) is -0.713. The minimum absolute atomic E-state index is 0.246. The van der Waals surface area contributed by atoms with Crippen molar-refractivity contribution in [3.05, 3.63) is 33.9 Å². The fourth-order valence-electron chi connectivity index (χ4n) is 2.95. The first kappa shape index (κ1) is 12.7. The zero-order valence-corrected chi connectivity index (χ0v) is 12.2. The third kappa shape index (κ3) is 2.41. The Morgan fingerprint density at radius 1 is 1.42 bits per heavy atom. The summed E-state index contributed by atoms with van der Waals surface area (Å²) < 4.78 is 3.46. The predicted octanol–water partition coefficient (Wildman–Crippen LogP) is 3.76. The van der Waals surface area contributed by atoms with Crippen molar-refractivity contribution in [2.24, 2.45) is 0 Å². The van der Waals surface area contributed by atoms with Gasteiger partial charge in [0.2, 0.25) is 0 Å². The van der Waals surface area contributed by atoms with Crippen LogP contribution in [0.2, 0.25) is 0 Å². The number of halogens is 1. The molecule has 100 valence electrons. The molecule has 0 radical (unpaired) electrons. The van der Waals surface area contributed by atoms with E-state index in [9.17, 15) is 4.79 Å². The standard InChI is InChI=1S/C15H16BrNO2/c16-13-9-17-6-2-4-11-7-10(3-1-5-14(18)19)8-12(13)15(11)17/h7-9H,1-6H2,(H,18,19). The van der Waals surface area contributed by atoms with Crippen molar-refractivity contribution in [1.82, 2.24) is 4.57 Å². The largest absolute Gasteiger partial charge is 0.481 e. The monoisotopic (exact) mass is 321 g/mol. The molecule has 0 atom stereocenters. The summed E-state index contributed by atoms with van der Waals surface area (Å²) in [5, 5.41) is 9.98. The number of aromatic nitrogens is 1. The summed E-state index contributed by atoms with van der Waals surface area (Å²) in [6, 6.07) is 4.46. The smallest absolute Gasteiger partial charge is 0.303 e. The molecule has 2 aromatic rings. The molecule has 0 amide bonds. The van der Waals surface area contributed by atoms with Gasteiger partial charge in [0.15, 0.2) is 0 Å². The van der Waals surface area contributed by atoms with Crippen molar-refractivity contribution < 1.29 is 9.90 Å². The minimum atomic E-state index is -0.713. The number of carboxylic acids is 1. The van der Waals surface area contributed by atoms with Gasteiger partial charge in [-0.15, -0.1) is 0 Å². The fraction of sp³-hybridized carbons (Fsp3) is 0.400. The Labute approximate surface area is 120 Å². The molecule has 3 nitrogen and oxygen atoms in total. The molecule has 1 aliphatic heterocycles. The molecule has 0 unspecified atom stereocenters. The van der Waals surface area contributed by atoms with Crippen LogP contribution in [-0.4, -0.2) is 15.6 Å². The van der Waals surface area contributed by atoms with Crippen molar-refractivity contribution in [2.45, 2.75) is 38.6 Å². The van der Waals surface area contributed by atoms with Gasteiger partial charge in [-0.2, -0.15) is 0 Å². The van der Waals surface area contributed by atoms with Crippen LogP contribution in [0.15, 0.2) is 22.8 Å². The van der Waals surface area contributed by atoms with E-state index in [2.05, 4.69) is 38.8 Å². The second-order valence-corrected chi connectivity index (χ2v) is 6.03. The van der Waals surface area contributed by atoms with Crippen molar-refractivity contribution in [1.29, 1.82) is 0 Å². The lowest BCUT2D eigenvalue weighted by Gasteiger charge is -2.16. The van der Waals surface area contributed by atoms with E-state index in [1.807, 2.05) is 0 Å². The number of hydrogen-bond acceptors (Lipinski definition) is 1. The first-order valence-electron chi connectivity index (χ1n) is 6.67. The Kier molecular flexibility index (Phi) is 3.35. The molecule has 1 aliphatic rings. The first-order valence-corrected chi connectivity index (χ1v) is 7.46. The summed E-state index contributed by atoms with van der Waals surface area (Å²) in [6.45, 7) is 1.09. The predicted molar refractivity (Wildman–Crippen MR) is 78.5 cm³/mol. The molecule has 0 saturated carbocycles. The zero-order chi connectivity index (χ0) is 13.4. The highest BCUT2D eigenvalue weighted by Gasteiger charge is 2.16. The number of aliphatic carboxylic acids is 1. The molecule has 4 heteroatoms. The average molecular weight is 322 g/mol. The van der Waals surface area contributed by atoms with Crippen LogP contribution in [0.1, 0.15) is 30.4 Å². The number of rotatable bonds is 4. The molecule has 0 spiro atoms. The van der Waals surface area contributed by atoms with Crippen LogP contribution in [0.5, 0.6) is 0 Å². The first-order chi connectivity index (χ1) is 9.15. The summed E-state index contributed by atoms with van der Waals surface area (Å²) in [6.07, 6.45) is 6.26. The van der Waals surface area contributed by atoms with Crippen LogP contribution in [0.4, 0.5) is 0 Å². The van der Waals surface area contributed by atoms with Crippen molar-refractivity contribution in [3.8, 4) is 0 Å². The number of aryl methyl sites for hydroxylation is 3. The molecule has 1 N–H and O–H groups in total. The third-order valence-electron chi connectivity index (χ3n) is 3.76. The van der Waals surface area contributed by atoms with Gasteiger partial charge in [-0.1, -0.05) is 6.07 Å². The summed E-state index contributed by atoms with van der Waals surface area (Å²) in [7, 11) is 0. The van der Waals surface area contributed by atoms with E-state index in [0.717, 1.165) is 23.9 Å². The Morgan fingerprint density at radius 2 is 2.26 bits per heavy atom. The van der Waals surface area contributed by atoms with E-state index in [0.29, 0.717) is 6.42 Å². The number of hydrogen-bond donors (Lipinski definition) is 1. The molecule has 2 heterocycles. The number of nitrogens with zero attached hydrogens (tertiary/aromatic N) is 1. The van der Waals surface area contributed by atoms with Gasteiger partial charge in [0, 0.05) is 29.0 Å². The lowest BCUT2D eigenvalue weighted by Crippen LogP contribution is -2.07. The topological polar surface area (TPSA) is 42.2 Å². The Hall–Kier alpha value is -1.29. The second kappa shape index (κ2) is 5.00. The number of carbonyl (C=O) groups is 1. The van der Waals surface area contributed by atoms with E-state index in [1.165, 1.54) is 28.5 Å². The number of benzene rings is 1. The van der Waals surface area contributed by atoms with E-state index in [4.69, 9.17) is 5.11 Å². The van der Waals surface area contributed by atoms with Crippen LogP contribution in [0.3, 0.4) is 0 Å². The van der Waals surface area contributed by atoms with E-state index in [1.54, 1.807) is 0 Å². The molecule has 19 heavy (non-hydrogen) atoms. The van der Waals surface area contributed by atoms with Gasteiger partial charge >= 0.3 is 5.97 Å². The van der Waals surface area contributed by atoms with Crippen molar-refractivity contribution in [3.63, 3.8) is 0 Å². The lowest BCUT2D eigenvalue weighted by atomic mass is 9.98. The van der Waals surface area contributed by atoms with Gasteiger partial charge in [0.25, 0.3) is 0 Å². The SMILES string of the molecule is O=C(O)CCCc1cc2c3c(c1)c(Br)cn3CCC2. The van der Waals surface area contributed by atoms with Crippen LogP contribution >= 0.6 is 15.9 Å². The molecule has 3 rings (SSSR count). The molecule has 1 aromatic heterocycles. The summed E-state index contributed by atoms with van der Waals surface area (Å²) in [5.41, 5.74) is 4.00. The zero-order valence-electron chi connectivity index (χ0n) is 10.7. The van der Waals surface area contributed by atoms with Crippen molar-refractivity contribution >= 4 is 32.8 Å². The summed E-state index contributed by atoms with van der Waals surface area (Å²) in [4.78, 5) is 10.6. The fourth-order valence-corrected chi connectivity index (χ4v) is 3.50. The minimum Gasteiger partial charge on any atom is -0.481 e. The molecule has 0 saturated heterocycles. The van der Waals surface area contributed by atoms with Gasteiger partial charge < -0.3 is 9.67 Å². The van der Waals surface area contributed by atoms with E-state index in [-0.39, 0.29) is 6.42 Å². The summed E-state index contributed by atoms with van der Waals surface area (Å²) >= 11 is 3.63. The molecular weight excluding hydrogens is 306 g/mol. The highest BCUT2D eigenvalue weighted by Crippen LogP contribution is 2.33. The van der Waals surface area contributed by atoms with Crippen LogP contribution in [-0.2, 0) is 24.2 Å². The van der Waals surface area contributed by atoms with Gasteiger partial charge in [0.1, 0.15) is 0 Å². The molecule has 0 bridgehead atoms. The van der Waals surface area contributed by atoms with Gasteiger partial charge in [0.05, 0.1) is 5.52 Å².